The molecule has 2 aromatic carbocycles. The van der Waals surface area contributed by atoms with Gasteiger partial charge in [0.15, 0.2) is 0 Å². The zero-order chi connectivity index (χ0) is 16.3. The number of nitriles is 1. The Morgan fingerprint density at radius 1 is 1.14 bits per heavy atom. The second-order valence-electron chi connectivity index (χ2n) is 4.67. The van der Waals surface area contributed by atoms with Crippen LogP contribution in [0.15, 0.2) is 42.5 Å². The minimum atomic E-state index is -4.41. The number of hydrogen-bond donors (Lipinski definition) is 1. The van der Waals surface area contributed by atoms with Crippen LogP contribution in [0.4, 0.5) is 18.9 Å². The van der Waals surface area contributed by atoms with Crippen molar-refractivity contribution in [2.45, 2.75) is 13.1 Å². The lowest BCUT2D eigenvalue weighted by molar-refractivity contribution is -0.137. The average molecular weight is 304 g/mol. The van der Waals surface area contributed by atoms with E-state index in [1.807, 2.05) is 6.07 Å². The van der Waals surface area contributed by atoms with Crippen LogP contribution in [0.3, 0.4) is 0 Å². The molecule has 2 aromatic rings. The molecule has 2 rings (SSSR count). The van der Waals surface area contributed by atoms with Crippen LogP contribution in [0, 0.1) is 18.3 Å². The maximum Gasteiger partial charge on any atom is 0.416 e. The van der Waals surface area contributed by atoms with Gasteiger partial charge in [-0.1, -0.05) is 0 Å². The number of alkyl halides is 3. The smallest absolute Gasteiger partial charge is 0.322 e. The summed E-state index contributed by atoms with van der Waals surface area (Å²) in [4.78, 5) is 12.0. The number of aryl methyl sites for hydroxylation is 1. The van der Waals surface area contributed by atoms with Crippen LogP contribution in [0.5, 0.6) is 0 Å². The third-order valence-corrected chi connectivity index (χ3v) is 3.08. The molecule has 0 aromatic heterocycles. The summed E-state index contributed by atoms with van der Waals surface area (Å²) in [5.41, 5.74) is 0.935. The van der Waals surface area contributed by atoms with Gasteiger partial charge < -0.3 is 5.32 Å². The largest absolute Gasteiger partial charge is 0.416 e. The molecule has 22 heavy (non-hydrogen) atoms. The van der Waals surface area contributed by atoms with Gasteiger partial charge in [-0.2, -0.15) is 18.4 Å². The fourth-order valence-electron chi connectivity index (χ4n) is 1.88. The van der Waals surface area contributed by atoms with Gasteiger partial charge in [-0.25, -0.2) is 0 Å². The molecule has 0 bridgehead atoms. The van der Waals surface area contributed by atoms with Gasteiger partial charge in [0, 0.05) is 11.3 Å². The molecule has 0 saturated heterocycles. The lowest BCUT2D eigenvalue weighted by Gasteiger charge is -2.09. The molecular formula is C16H11F3N2O. The Kier molecular flexibility index (Phi) is 4.18. The second kappa shape index (κ2) is 5.90. The molecule has 0 saturated carbocycles. The van der Waals surface area contributed by atoms with Gasteiger partial charge in [-0.15, -0.1) is 0 Å². The van der Waals surface area contributed by atoms with Crippen molar-refractivity contribution < 1.29 is 18.0 Å². The first kappa shape index (κ1) is 15.6. The number of carbonyl (C=O) groups excluding carboxylic acids is 1. The highest BCUT2D eigenvalue weighted by molar-refractivity contribution is 6.04. The number of amides is 1. The number of benzene rings is 2. The Labute approximate surface area is 125 Å². The predicted octanol–water partition coefficient (Wildman–Crippen LogP) is 4.14. The maximum absolute atomic E-state index is 12.4. The van der Waals surface area contributed by atoms with Gasteiger partial charge in [0.1, 0.15) is 0 Å². The highest BCUT2D eigenvalue weighted by Gasteiger charge is 2.29. The number of nitrogens with zero attached hydrogens (tertiary/aromatic N) is 1. The van der Waals surface area contributed by atoms with E-state index >= 15 is 0 Å². The van der Waals surface area contributed by atoms with Crippen molar-refractivity contribution >= 4 is 11.6 Å². The van der Waals surface area contributed by atoms with Crippen LogP contribution in [0.1, 0.15) is 27.0 Å². The van der Waals surface area contributed by atoms with E-state index in [0.717, 1.165) is 12.1 Å². The Morgan fingerprint density at radius 3 is 2.27 bits per heavy atom. The predicted molar refractivity (Wildman–Crippen MR) is 75.3 cm³/mol. The number of halogens is 3. The topological polar surface area (TPSA) is 52.9 Å². The van der Waals surface area contributed by atoms with E-state index in [2.05, 4.69) is 5.32 Å². The van der Waals surface area contributed by atoms with E-state index in [1.165, 1.54) is 24.3 Å². The molecule has 0 fully saturated rings. The molecule has 0 unspecified atom stereocenters. The van der Waals surface area contributed by atoms with E-state index in [0.29, 0.717) is 16.7 Å². The molecule has 0 heterocycles. The van der Waals surface area contributed by atoms with Crippen molar-refractivity contribution in [1.82, 2.24) is 0 Å². The van der Waals surface area contributed by atoms with E-state index in [-0.39, 0.29) is 5.69 Å². The third kappa shape index (κ3) is 3.44. The zero-order valence-electron chi connectivity index (χ0n) is 11.5. The second-order valence-corrected chi connectivity index (χ2v) is 4.67. The number of nitrogens with one attached hydrogen (secondary N) is 1. The fraction of sp³-hybridized carbons (Fsp3) is 0.125. The normalized spacial score (nSPS) is 10.9. The molecule has 112 valence electrons. The Bertz CT molecular complexity index is 743. The van der Waals surface area contributed by atoms with Crippen molar-refractivity contribution in [3.05, 3.63) is 64.7 Å². The van der Waals surface area contributed by atoms with Crippen LogP contribution >= 0.6 is 0 Å². The fourth-order valence-corrected chi connectivity index (χ4v) is 1.88. The zero-order valence-corrected chi connectivity index (χ0v) is 11.5. The first-order chi connectivity index (χ1) is 10.3. The Balaban J connectivity index is 2.15. The van der Waals surface area contributed by atoms with Gasteiger partial charge in [-0.05, 0) is 55.0 Å². The van der Waals surface area contributed by atoms with Crippen molar-refractivity contribution in [2.75, 3.05) is 5.32 Å². The maximum atomic E-state index is 12.4. The molecule has 3 nitrogen and oxygen atoms in total. The number of carbonyl (C=O) groups is 1. The molecule has 6 heteroatoms. The quantitative estimate of drug-likeness (QED) is 0.906. The summed E-state index contributed by atoms with van der Waals surface area (Å²) in [7, 11) is 0. The third-order valence-electron chi connectivity index (χ3n) is 3.08. The molecule has 0 aliphatic carbocycles. The summed E-state index contributed by atoms with van der Waals surface area (Å²) in [5.74, 6) is -0.452. The van der Waals surface area contributed by atoms with Crippen molar-refractivity contribution in [1.29, 1.82) is 5.26 Å². The summed E-state index contributed by atoms with van der Waals surface area (Å²) in [6.45, 7) is 1.70. The summed E-state index contributed by atoms with van der Waals surface area (Å²) < 4.78 is 37.3. The van der Waals surface area contributed by atoms with Gasteiger partial charge in [0.05, 0.1) is 17.2 Å². The van der Waals surface area contributed by atoms with Crippen LogP contribution in [-0.2, 0) is 6.18 Å². The standard InChI is InChI=1S/C16H11F3N2O/c1-10-8-11(2-3-12(10)9-20)15(22)21-14-6-4-13(5-7-14)16(17,18)19/h2-8H,1H3,(H,21,22). The van der Waals surface area contributed by atoms with E-state index in [1.54, 1.807) is 13.0 Å². The number of hydrogen-bond acceptors (Lipinski definition) is 2. The van der Waals surface area contributed by atoms with E-state index < -0.39 is 17.6 Å². The first-order valence-corrected chi connectivity index (χ1v) is 6.30. The molecule has 0 aliphatic rings. The first-order valence-electron chi connectivity index (χ1n) is 6.30. The minimum absolute atomic E-state index is 0.264. The molecular weight excluding hydrogens is 293 g/mol. The van der Waals surface area contributed by atoms with E-state index in [9.17, 15) is 18.0 Å². The van der Waals surface area contributed by atoms with Gasteiger partial charge in [-0.3, -0.25) is 4.79 Å². The van der Waals surface area contributed by atoms with Crippen LogP contribution in [0.2, 0.25) is 0 Å². The van der Waals surface area contributed by atoms with Crippen molar-refractivity contribution in [3.63, 3.8) is 0 Å². The summed E-state index contributed by atoms with van der Waals surface area (Å²) in [6, 6.07) is 10.8. The van der Waals surface area contributed by atoms with Crippen molar-refractivity contribution in [2.24, 2.45) is 0 Å². The molecule has 1 N–H and O–H groups in total. The molecule has 0 atom stereocenters. The van der Waals surface area contributed by atoms with Gasteiger partial charge in [0.25, 0.3) is 5.91 Å². The summed E-state index contributed by atoms with van der Waals surface area (Å²) in [5, 5.41) is 11.3. The van der Waals surface area contributed by atoms with Crippen LogP contribution < -0.4 is 5.32 Å². The Hall–Kier alpha value is -2.81. The van der Waals surface area contributed by atoms with Crippen molar-refractivity contribution in [3.8, 4) is 6.07 Å². The minimum Gasteiger partial charge on any atom is -0.322 e. The van der Waals surface area contributed by atoms with Crippen LogP contribution in [0.25, 0.3) is 0 Å². The number of rotatable bonds is 2. The van der Waals surface area contributed by atoms with Crippen LogP contribution in [-0.4, -0.2) is 5.91 Å². The monoisotopic (exact) mass is 304 g/mol. The summed E-state index contributed by atoms with van der Waals surface area (Å²) in [6.07, 6.45) is -4.41. The van der Waals surface area contributed by atoms with Gasteiger partial charge >= 0.3 is 6.18 Å². The molecule has 0 radical (unpaired) electrons. The van der Waals surface area contributed by atoms with Gasteiger partial charge in [0.2, 0.25) is 0 Å². The molecule has 1 amide bonds. The highest BCUT2D eigenvalue weighted by Crippen LogP contribution is 2.29. The lowest BCUT2D eigenvalue weighted by atomic mass is 10.1. The average Bonchev–Trinajstić information content (AvgIpc) is 2.46. The lowest BCUT2D eigenvalue weighted by Crippen LogP contribution is -2.12. The molecule has 0 aliphatic heterocycles. The Morgan fingerprint density at radius 2 is 1.77 bits per heavy atom. The molecule has 0 spiro atoms. The highest BCUT2D eigenvalue weighted by atomic mass is 19.4. The SMILES string of the molecule is Cc1cc(C(=O)Nc2ccc(C(F)(F)F)cc2)ccc1C#N. The van der Waals surface area contributed by atoms with E-state index in [4.69, 9.17) is 5.26 Å². The number of anilines is 1. The summed E-state index contributed by atoms with van der Waals surface area (Å²) >= 11 is 0.